The third-order valence-corrected chi connectivity index (χ3v) is 4.78. The second kappa shape index (κ2) is 8.41. The van der Waals surface area contributed by atoms with Crippen LogP contribution in [0.25, 0.3) is 11.4 Å². The molecule has 0 saturated carbocycles. The molecule has 1 aliphatic rings. The van der Waals surface area contributed by atoms with Gasteiger partial charge in [-0.1, -0.05) is 47.6 Å². The van der Waals surface area contributed by atoms with Gasteiger partial charge in [0.15, 0.2) is 11.5 Å². The highest BCUT2D eigenvalue weighted by Crippen LogP contribution is 2.32. The van der Waals surface area contributed by atoms with Gasteiger partial charge in [0.1, 0.15) is 6.10 Å². The quantitative estimate of drug-likeness (QED) is 0.649. The van der Waals surface area contributed by atoms with Gasteiger partial charge in [-0.05, 0) is 6.07 Å². The maximum absolute atomic E-state index is 5.89. The molecule has 1 aliphatic heterocycles. The van der Waals surface area contributed by atoms with Crippen LogP contribution in [0.1, 0.15) is 17.6 Å². The predicted octanol–water partition coefficient (Wildman–Crippen LogP) is 3.33. The van der Waals surface area contributed by atoms with Gasteiger partial charge in [-0.15, -0.1) is 0 Å². The molecule has 0 amide bonds. The number of benzene rings is 2. The topological polar surface area (TPSA) is 69.9 Å². The van der Waals surface area contributed by atoms with Gasteiger partial charge in [0, 0.05) is 30.8 Å². The lowest BCUT2D eigenvalue weighted by Gasteiger charge is -2.31. The van der Waals surface area contributed by atoms with E-state index >= 15 is 0 Å². The fourth-order valence-corrected chi connectivity index (χ4v) is 3.39. The Morgan fingerprint density at radius 3 is 2.71 bits per heavy atom. The normalized spacial score (nSPS) is 17.4. The molecule has 2 heterocycles. The Bertz CT molecular complexity index is 913. The lowest BCUT2D eigenvalue weighted by molar-refractivity contribution is -0.0476. The van der Waals surface area contributed by atoms with E-state index in [-0.39, 0.29) is 6.10 Å². The molecule has 1 aromatic heterocycles. The minimum atomic E-state index is -0.254. The number of aromatic nitrogens is 2. The van der Waals surface area contributed by atoms with E-state index in [9.17, 15) is 0 Å². The summed E-state index contributed by atoms with van der Waals surface area (Å²) in [5, 5.41) is 4.10. The average molecular weight is 381 g/mol. The maximum atomic E-state index is 5.89. The van der Waals surface area contributed by atoms with Crippen LogP contribution >= 0.6 is 0 Å². The zero-order chi connectivity index (χ0) is 19.3. The van der Waals surface area contributed by atoms with Gasteiger partial charge in [-0.3, -0.25) is 4.90 Å². The van der Waals surface area contributed by atoms with Crippen molar-refractivity contribution >= 4 is 0 Å². The first kappa shape index (κ1) is 18.5. The van der Waals surface area contributed by atoms with E-state index in [0.29, 0.717) is 24.9 Å². The molecule has 2 aromatic carbocycles. The highest BCUT2D eigenvalue weighted by atomic mass is 16.5. The van der Waals surface area contributed by atoms with E-state index < -0.39 is 0 Å². The van der Waals surface area contributed by atoms with Crippen LogP contribution in [-0.4, -0.2) is 49.0 Å². The predicted molar refractivity (Wildman–Crippen MR) is 103 cm³/mol. The number of hydrogen-bond donors (Lipinski definition) is 0. The lowest BCUT2D eigenvalue weighted by atomic mass is 10.1. The Hall–Kier alpha value is -2.90. The zero-order valence-electron chi connectivity index (χ0n) is 16.0. The Kier molecular flexibility index (Phi) is 5.55. The molecule has 7 heteroatoms. The van der Waals surface area contributed by atoms with Gasteiger partial charge < -0.3 is 18.7 Å². The van der Waals surface area contributed by atoms with Crippen molar-refractivity contribution in [3.05, 3.63) is 60.0 Å². The van der Waals surface area contributed by atoms with Crippen molar-refractivity contribution < 1.29 is 18.7 Å². The van der Waals surface area contributed by atoms with Gasteiger partial charge in [-0.25, -0.2) is 0 Å². The molecule has 0 spiro atoms. The second-order valence-corrected chi connectivity index (χ2v) is 6.57. The minimum Gasteiger partial charge on any atom is -0.493 e. The van der Waals surface area contributed by atoms with E-state index in [1.807, 2.05) is 48.5 Å². The molecule has 3 aromatic rings. The molecule has 1 atom stereocenters. The number of para-hydroxylation sites is 1. The van der Waals surface area contributed by atoms with Crippen molar-refractivity contribution in [1.82, 2.24) is 15.0 Å². The van der Waals surface area contributed by atoms with Crippen molar-refractivity contribution in [2.75, 3.05) is 33.9 Å². The first-order valence-electron chi connectivity index (χ1n) is 9.21. The van der Waals surface area contributed by atoms with E-state index in [0.717, 1.165) is 35.7 Å². The van der Waals surface area contributed by atoms with Crippen LogP contribution in [0.15, 0.2) is 53.1 Å². The molecular formula is C21H23N3O4. The third-order valence-electron chi connectivity index (χ3n) is 4.78. The number of ether oxygens (including phenoxy) is 3. The Morgan fingerprint density at radius 2 is 1.93 bits per heavy atom. The van der Waals surface area contributed by atoms with Crippen LogP contribution in [0.2, 0.25) is 0 Å². The summed E-state index contributed by atoms with van der Waals surface area (Å²) in [6.07, 6.45) is -0.254. The van der Waals surface area contributed by atoms with Crippen LogP contribution < -0.4 is 9.47 Å². The third kappa shape index (κ3) is 3.85. The van der Waals surface area contributed by atoms with Gasteiger partial charge >= 0.3 is 0 Å². The first-order chi connectivity index (χ1) is 13.8. The van der Waals surface area contributed by atoms with Crippen molar-refractivity contribution in [3.63, 3.8) is 0 Å². The second-order valence-electron chi connectivity index (χ2n) is 6.57. The first-order valence-corrected chi connectivity index (χ1v) is 9.21. The molecule has 0 N–H and O–H groups in total. The lowest BCUT2D eigenvalue weighted by Crippen LogP contribution is -2.38. The number of rotatable bonds is 6. The Balaban J connectivity index is 1.48. The van der Waals surface area contributed by atoms with Gasteiger partial charge in [0.25, 0.3) is 5.89 Å². The molecular weight excluding hydrogens is 358 g/mol. The summed E-state index contributed by atoms with van der Waals surface area (Å²) in [6.45, 7) is 2.80. The van der Waals surface area contributed by atoms with Crippen LogP contribution in [-0.2, 0) is 11.3 Å². The fraction of sp³-hybridized carbons (Fsp3) is 0.333. The average Bonchev–Trinajstić information content (AvgIpc) is 3.25. The van der Waals surface area contributed by atoms with Crippen LogP contribution in [0.3, 0.4) is 0 Å². The molecule has 0 unspecified atom stereocenters. The smallest absolute Gasteiger partial charge is 0.257 e. The summed E-state index contributed by atoms with van der Waals surface area (Å²) >= 11 is 0. The molecule has 7 nitrogen and oxygen atoms in total. The van der Waals surface area contributed by atoms with E-state index in [1.165, 1.54) is 0 Å². The van der Waals surface area contributed by atoms with Crippen molar-refractivity contribution in [2.24, 2.45) is 0 Å². The highest BCUT2D eigenvalue weighted by Gasteiger charge is 2.28. The van der Waals surface area contributed by atoms with Crippen molar-refractivity contribution in [1.29, 1.82) is 0 Å². The maximum Gasteiger partial charge on any atom is 0.257 e. The molecule has 4 rings (SSSR count). The van der Waals surface area contributed by atoms with E-state index in [2.05, 4.69) is 15.0 Å². The summed E-state index contributed by atoms with van der Waals surface area (Å²) < 4.78 is 22.3. The standard InChI is InChI=1S/C21H23N3O4/c1-25-17-10-6-9-16(19(17)26-2)13-24-11-12-27-18(14-24)21-22-20(23-28-21)15-7-4-3-5-8-15/h3-10,18H,11-14H2,1-2H3/t18-/m1/s1. The number of nitrogens with zero attached hydrogens (tertiary/aromatic N) is 3. The molecule has 0 bridgehead atoms. The summed E-state index contributed by atoms with van der Waals surface area (Å²) in [7, 11) is 3.30. The van der Waals surface area contributed by atoms with Crippen LogP contribution in [0, 0.1) is 0 Å². The summed E-state index contributed by atoms with van der Waals surface area (Å²) in [5.41, 5.74) is 1.99. The SMILES string of the molecule is COc1cccc(CN2CCO[C@@H](c3nc(-c4ccccc4)no3)C2)c1OC. The minimum absolute atomic E-state index is 0.254. The molecule has 146 valence electrons. The highest BCUT2D eigenvalue weighted by molar-refractivity contribution is 5.53. The van der Waals surface area contributed by atoms with Gasteiger partial charge in [0.05, 0.1) is 20.8 Å². The fourth-order valence-electron chi connectivity index (χ4n) is 3.39. The number of hydrogen-bond acceptors (Lipinski definition) is 7. The van der Waals surface area contributed by atoms with Gasteiger partial charge in [0.2, 0.25) is 5.82 Å². The molecule has 1 saturated heterocycles. The zero-order valence-corrected chi connectivity index (χ0v) is 16.0. The monoisotopic (exact) mass is 381 g/mol. The summed E-state index contributed by atoms with van der Waals surface area (Å²) in [5.74, 6) is 2.57. The Morgan fingerprint density at radius 1 is 1.07 bits per heavy atom. The molecule has 1 fully saturated rings. The number of methoxy groups -OCH3 is 2. The van der Waals surface area contributed by atoms with E-state index in [4.69, 9.17) is 18.7 Å². The summed E-state index contributed by atoms with van der Waals surface area (Å²) in [4.78, 5) is 6.82. The largest absolute Gasteiger partial charge is 0.493 e. The van der Waals surface area contributed by atoms with Crippen molar-refractivity contribution in [2.45, 2.75) is 12.6 Å². The summed E-state index contributed by atoms with van der Waals surface area (Å²) in [6, 6.07) is 15.7. The molecule has 28 heavy (non-hydrogen) atoms. The molecule has 0 aliphatic carbocycles. The Labute approximate surface area is 163 Å². The molecule has 0 radical (unpaired) electrons. The van der Waals surface area contributed by atoms with Crippen LogP contribution in [0.4, 0.5) is 0 Å². The van der Waals surface area contributed by atoms with E-state index in [1.54, 1.807) is 14.2 Å². The number of morpholine rings is 1. The van der Waals surface area contributed by atoms with Crippen LogP contribution in [0.5, 0.6) is 11.5 Å². The van der Waals surface area contributed by atoms with Gasteiger partial charge in [-0.2, -0.15) is 4.98 Å². The van der Waals surface area contributed by atoms with Crippen molar-refractivity contribution in [3.8, 4) is 22.9 Å².